The van der Waals surface area contributed by atoms with Crippen LogP contribution in [0.1, 0.15) is 0 Å². The summed E-state index contributed by atoms with van der Waals surface area (Å²) in [5, 5.41) is 4.77. The maximum Gasteiger partial charge on any atom is 0.238 e. The highest BCUT2D eigenvalue weighted by atomic mass is 32.1. The lowest BCUT2D eigenvalue weighted by molar-refractivity contribution is 0.954. The lowest BCUT2D eigenvalue weighted by atomic mass is 10.1. The first-order valence-electron chi connectivity index (χ1n) is 12.6. The van der Waals surface area contributed by atoms with Gasteiger partial charge in [0.05, 0.1) is 11.0 Å². The maximum absolute atomic E-state index is 5.15. The number of aromatic nitrogens is 4. The molecule has 8 aromatic rings. The summed E-state index contributed by atoms with van der Waals surface area (Å²) in [6, 6.07) is 42.0. The van der Waals surface area contributed by atoms with Crippen molar-refractivity contribution in [3.63, 3.8) is 0 Å². The largest absolute Gasteiger partial charge is 0.278 e. The molecule has 0 fully saturated rings. The van der Waals surface area contributed by atoms with Crippen LogP contribution < -0.4 is 0 Å². The topological polar surface area (TPSA) is 43.6 Å². The van der Waals surface area contributed by atoms with Crippen molar-refractivity contribution in [1.29, 1.82) is 0 Å². The molecule has 0 saturated carbocycles. The van der Waals surface area contributed by atoms with Crippen LogP contribution in [0, 0.1) is 0 Å². The quantitative estimate of drug-likeness (QED) is 0.242. The van der Waals surface area contributed by atoms with Crippen LogP contribution in [0.3, 0.4) is 0 Å². The molecule has 38 heavy (non-hydrogen) atoms. The third-order valence-corrected chi connectivity index (χ3v) is 8.22. The van der Waals surface area contributed by atoms with Gasteiger partial charge in [-0.3, -0.25) is 4.57 Å². The van der Waals surface area contributed by atoms with Crippen LogP contribution in [0.5, 0.6) is 0 Å². The summed E-state index contributed by atoms with van der Waals surface area (Å²) < 4.78 is 4.65. The molecule has 0 aliphatic carbocycles. The second kappa shape index (κ2) is 8.33. The molecule has 0 aliphatic rings. The van der Waals surface area contributed by atoms with Crippen LogP contribution in [0.2, 0.25) is 0 Å². The lowest BCUT2D eigenvalue weighted by Gasteiger charge is -2.11. The van der Waals surface area contributed by atoms with E-state index in [1.165, 1.54) is 30.9 Å². The van der Waals surface area contributed by atoms with Crippen molar-refractivity contribution in [2.24, 2.45) is 0 Å². The van der Waals surface area contributed by atoms with Crippen LogP contribution in [0.25, 0.3) is 70.7 Å². The van der Waals surface area contributed by atoms with Gasteiger partial charge in [-0.05, 0) is 24.3 Å². The van der Waals surface area contributed by atoms with E-state index < -0.39 is 0 Å². The minimum absolute atomic E-state index is 0.614. The Morgan fingerprint density at radius 3 is 1.84 bits per heavy atom. The van der Waals surface area contributed by atoms with Crippen molar-refractivity contribution >= 4 is 53.3 Å². The molecule has 5 aromatic carbocycles. The van der Waals surface area contributed by atoms with Crippen LogP contribution in [0.4, 0.5) is 0 Å². The monoisotopic (exact) mass is 504 g/mol. The number of hydrogen-bond donors (Lipinski definition) is 0. The molecule has 0 atom stereocenters. The minimum Gasteiger partial charge on any atom is -0.278 e. The second-order valence-electron chi connectivity index (χ2n) is 9.30. The van der Waals surface area contributed by atoms with Crippen molar-refractivity contribution in [1.82, 2.24) is 19.5 Å². The Morgan fingerprint density at radius 2 is 1.08 bits per heavy atom. The van der Waals surface area contributed by atoms with Gasteiger partial charge in [0, 0.05) is 42.1 Å². The van der Waals surface area contributed by atoms with Crippen LogP contribution in [-0.4, -0.2) is 19.5 Å². The average Bonchev–Trinajstić information content (AvgIpc) is 3.53. The Labute approximate surface area is 222 Å². The molecule has 3 heterocycles. The molecule has 3 aromatic heterocycles. The molecule has 0 N–H and O–H groups in total. The van der Waals surface area contributed by atoms with E-state index in [1.807, 2.05) is 18.2 Å². The molecule has 5 heteroatoms. The molecule has 0 aliphatic heterocycles. The van der Waals surface area contributed by atoms with Gasteiger partial charge in [-0.25, -0.2) is 4.98 Å². The van der Waals surface area contributed by atoms with Gasteiger partial charge >= 0.3 is 0 Å². The summed E-state index contributed by atoms with van der Waals surface area (Å²) in [4.78, 5) is 15.2. The number of thiophene rings is 1. The van der Waals surface area contributed by atoms with Gasteiger partial charge in [-0.15, -0.1) is 11.3 Å². The van der Waals surface area contributed by atoms with Gasteiger partial charge in [0.2, 0.25) is 5.95 Å². The van der Waals surface area contributed by atoms with Gasteiger partial charge in [-0.2, -0.15) is 9.97 Å². The molecule has 178 valence electrons. The predicted molar refractivity (Wildman–Crippen MR) is 158 cm³/mol. The van der Waals surface area contributed by atoms with Gasteiger partial charge in [0.15, 0.2) is 11.6 Å². The third-order valence-electron chi connectivity index (χ3n) is 7.08. The van der Waals surface area contributed by atoms with Crippen molar-refractivity contribution in [3.05, 3.63) is 121 Å². The van der Waals surface area contributed by atoms with Crippen LogP contribution in [0.15, 0.2) is 121 Å². The third kappa shape index (κ3) is 3.19. The number of nitrogens with zero attached hydrogens (tertiary/aromatic N) is 4. The van der Waals surface area contributed by atoms with E-state index in [9.17, 15) is 0 Å². The van der Waals surface area contributed by atoms with Crippen LogP contribution >= 0.6 is 11.3 Å². The molecular formula is C33H20N4S. The smallest absolute Gasteiger partial charge is 0.238 e. The van der Waals surface area contributed by atoms with Crippen molar-refractivity contribution in [2.45, 2.75) is 0 Å². The summed E-state index contributed by atoms with van der Waals surface area (Å²) in [6.45, 7) is 0. The molecule has 0 unspecified atom stereocenters. The summed E-state index contributed by atoms with van der Waals surface area (Å²) >= 11 is 1.80. The fourth-order valence-electron chi connectivity index (χ4n) is 5.40. The summed E-state index contributed by atoms with van der Waals surface area (Å²) in [5.41, 5.74) is 4.12. The normalized spacial score (nSPS) is 11.7. The predicted octanol–water partition coefficient (Wildman–Crippen LogP) is 8.67. The van der Waals surface area contributed by atoms with Crippen molar-refractivity contribution in [2.75, 3.05) is 0 Å². The highest BCUT2D eigenvalue weighted by Crippen LogP contribution is 2.39. The second-order valence-corrected chi connectivity index (χ2v) is 10.4. The number of para-hydroxylation sites is 2. The Morgan fingerprint density at radius 1 is 0.474 bits per heavy atom. The fraction of sp³-hybridized carbons (Fsp3) is 0. The zero-order valence-corrected chi connectivity index (χ0v) is 21.1. The molecule has 4 nitrogen and oxygen atoms in total. The van der Waals surface area contributed by atoms with E-state index in [-0.39, 0.29) is 0 Å². The van der Waals surface area contributed by atoms with E-state index in [4.69, 9.17) is 15.0 Å². The molecular weight excluding hydrogens is 484 g/mol. The molecule has 8 rings (SSSR count). The molecule has 0 radical (unpaired) electrons. The summed E-state index contributed by atoms with van der Waals surface area (Å²) in [6.07, 6.45) is 0. The first kappa shape index (κ1) is 21.2. The zero-order valence-electron chi connectivity index (χ0n) is 20.2. The average molecular weight is 505 g/mol. The zero-order chi connectivity index (χ0) is 25.1. The molecule has 0 spiro atoms. The van der Waals surface area contributed by atoms with Crippen molar-refractivity contribution in [3.8, 4) is 28.7 Å². The lowest BCUT2D eigenvalue weighted by Crippen LogP contribution is -2.06. The van der Waals surface area contributed by atoms with E-state index >= 15 is 0 Å². The Kier molecular flexibility index (Phi) is 4.66. The van der Waals surface area contributed by atoms with Gasteiger partial charge in [0.1, 0.15) is 0 Å². The number of hydrogen-bond acceptors (Lipinski definition) is 4. The SMILES string of the molecule is c1ccc(-c2nc(-c3cccc4sc5ccccc5c34)nc(-n3c4ccccc4c4ccccc43)n2)cc1. The van der Waals surface area contributed by atoms with Crippen LogP contribution in [-0.2, 0) is 0 Å². The fourth-order valence-corrected chi connectivity index (χ4v) is 6.53. The first-order chi connectivity index (χ1) is 18.8. The van der Waals surface area contributed by atoms with E-state index in [0.29, 0.717) is 17.6 Å². The number of fused-ring (bicyclic) bond motifs is 6. The Bertz CT molecular complexity index is 2090. The molecule has 0 amide bonds. The summed E-state index contributed by atoms with van der Waals surface area (Å²) in [5.74, 6) is 1.94. The summed E-state index contributed by atoms with van der Waals surface area (Å²) in [7, 11) is 0. The highest BCUT2D eigenvalue weighted by molar-refractivity contribution is 7.25. The minimum atomic E-state index is 0.614. The molecule has 0 saturated heterocycles. The van der Waals surface area contributed by atoms with E-state index in [0.717, 1.165) is 22.2 Å². The number of rotatable bonds is 3. The Hall–Kier alpha value is -4.87. The first-order valence-corrected chi connectivity index (χ1v) is 13.4. The highest BCUT2D eigenvalue weighted by Gasteiger charge is 2.19. The molecule has 0 bridgehead atoms. The van der Waals surface area contributed by atoms with Gasteiger partial charge in [0.25, 0.3) is 0 Å². The van der Waals surface area contributed by atoms with Gasteiger partial charge in [-0.1, -0.05) is 97.1 Å². The van der Waals surface area contributed by atoms with E-state index in [1.54, 1.807) is 11.3 Å². The number of benzene rings is 5. The maximum atomic E-state index is 5.15. The van der Waals surface area contributed by atoms with Crippen molar-refractivity contribution < 1.29 is 0 Å². The Balaban J connectivity index is 1.48. The van der Waals surface area contributed by atoms with E-state index in [2.05, 4.69) is 108 Å². The van der Waals surface area contributed by atoms with Gasteiger partial charge < -0.3 is 0 Å². The standard InChI is InChI=1S/C33H20N4S/c1-2-11-21(12-3-1)31-34-32(25-16-10-20-29-30(25)24-15-6-9-19-28(24)38-29)36-33(35-31)37-26-17-7-4-13-22(26)23-14-5-8-18-27(23)37/h1-20H.